The Balaban J connectivity index is 1.41. The first-order valence-corrected chi connectivity index (χ1v) is 23.2. The molecule has 0 spiro atoms. The summed E-state index contributed by atoms with van der Waals surface area (Å²) in [5.74, 6) is 3.25. The Morgan fingerprint density at radius 3 is 1.53 bits per heavy atom. The lowest BCUT2D eigenvalue weighted by atomic mass is 9.78. The zero-order valence-electron chi connectivity index (χ0n) is 34.9. The Hall–Kier alpha value is -4.43. The van der Waals surface area contributed by atoms with Crippen LogP contribution in [0.5, 0.6) is 23.0 Å². The van der Waals surface area contributed by atoms with Gasteiger partial charge in [-0.1, -0.05) is 190 Å². The molecule has 0 fully saturated rings. The molecule has 0 saturated carbocycles. The van der Waals surface area contributed by atoms with Crippen molar-refractivity contribution in [2.24, 2.45) is 11.3 Å². The molecule has 58 heavy (non-hydrogen) atoms. The monoisotopic (exact) mass is 832 g/mol. The van der Waals surface area contributed by atoms with E-state index in [4.69, 9.17) is 22.6 Å². The van der Waals surface area contributed by atoms with Crippen molar-refractivity contribution < 1.29 is 27.5 Å². The molecule has 4 atom stereocenters. The molecule has 5 aromatic rings. The number of hydrogen-bond donors (Lipinski definition) is 1. The topological polar surface area (TPSA) is 66.4 Å². The number of allylic oxidation sites excluding steroid dienone is 6. The molecule has 9 heteroatoms. The van der Waals surface area contributed by atoms with Crippen LogP contribution in [0.3, 0.4) is 0 Å². The largest absolute Gasteiger partial charge is 0.529 e. The van der Waals surface area contributed by atoms with E-state index in [1.165, 1.54) is 0 Å². The summed E-state index contributed by atoms with van der Waals surface area (Å²) in [6.45, 7) is 19.5. The highest BCUT2D eigenvalue weighted by Crippen LogP contribution is 2.51. The Morgan fingerprint density at radius 2 is 0.966 bits per heavy atom. The summed E-state index contributed by atoms with van der Waals surface area (Å²) in [6, 6.07) is 42.1. The molecule has 0 radical (unpaired) electrons. The molecule has 0 aliphatic heterocycles. The highest BCUT2D eigenvalue weighted by Gasteiger charge is 2.34. The predicted molar refractivity (Wildman–Crippen MR) is 244 cm³/mol. The lowest BCUT2D eigenvalue weighted by molar-refractivity contribution is 0.237. The van der Waals surface area contributed by atoms with Crippen LogP contribution in [0.15, 0.2) is 164 Å². The van der Waals surface area contributed by atoms with E-state index in [2.05, 4.69) is 105 Å². The smallest absolute Gasteiger partial charge is 0.418 e. The van der Waals surface area contributed by atoms with Gasteiger partial charge in [-0.2, -0.15) is 0 Å². The minimum atomic E-state index is -2.34. The predicted octanol–water partition coefficient (Wildman–Crippen LogP) is 13.1. The number of hydrogen-bond acceptors (Lipinski definition) is 6. The second-order valence-electron chi connectivity index (χ2n) is 16.9. The van der Waals surface area contributed by atoms with Crippen LogP contribution in [0, 0.1) is 11.3 Å². The van der Waals surface area contributed by atoms with Crippen LogP contribution in [-0.2, 0) is 15.4 Å². The normalized spacial score (nSPS) is 18.9. The van der Waals surface area contributed by atoms with Crippen molar-refractivity contribution in [1.29, 1.82) is 0 Å². The van der Waals surface area contributed by atoms with Gasteiger partial charge >= 0.3 is 17.2 Å². The average Bonchev–Trinajstić information content (AvgIpc) is 3.18. The fourth-order valence-electron chi connectivity index (χ4n) is 6.53. The number of rotatable bonds is 13. The van der Waals surface area contributed by atoms with Crippen LogP contribution in [0.2, 0.25) is 0 Å². The van der Waals surface area contributed by atoms with Crippen LogP contribution < -0.4 is 34.0 Å². The maximum absolute atomic E-state index is 11.4. The van der Waals surface area contributed by atoms with Gasteiger partial charge < -0.3 is 27.5 Å². The van der Waals surface area contributed by atoms with Crippen molar-refractivity contribution in [3.63, 3.8) is 0 Å². The van der Waals surface area contributed by atoms with Crippen LogP contribution in [0.1, 0.15) is 73.4 Å². The first kappa shape index (κ1) is 43.2. The van der Waals surface area contributed by atoms with E-state index in [0.717, 1.165) is 32.8 Å². The molecule has 6 nitrogen and oxygen atoms in total. The summed E-state index contributed by atoms with van der Waals surface area (Å²) < 4.78 is 33.3. The van der Waals surface area contributed by atoms with E-state index in [1.807, 2.05) is 115 Å². The molecule has 302 valence electrons. The molecule has 5 aromatic carbocycles. The third kappa shape index (κ3) is 10.8. The zero-order valence-corrected chi connectivity index (χ0v) is 37.6. The van der Waals surface area contributed by atoms with Crippen molar-refractivity contribution in [3.8, 4) is 23.0 Å². The molecule has 4 unspecified atom stereocenters. The van der Waals surface area contributed by atoms with E-state index < -0.39 is 25.1 Å². The Morgan fingerprint density at radius 1 is 0.517 bits per heavy atom. The van der Waals surface area contributed by atoms with Gasteiger partial charge in [-0.15, -0.1) is 0 Å². The van der Waals surface area contributed by atoms with Gasteiger partial charge in [0.25, 0.3) is 0 Å². The maximum Gasteiger partial charge on any atom is 0.529 e. The summed E-state index contributed by atoms with van der Waals surface area (Å²) >= 11 is 0. The quantitative estimate of drug-likeness (QED) is 0.119. The second-order valence-corrected chi connectivity index (χ2v) is 20.9. The van der Waals surface area contributed by atoms with Gasteiger partial charge in [-0.3, -0.25) is 0 Å². The first-order valence-electron chi connectivity index (χ1n) is 19.6. The molecule has 1 aliphatic carbocycles. The molecule has 0 heterocycles. The van der Waals surface area contributed by atoms with Crippen molar-refractivity contribution in [1.82, 2.24) is 0 Å². The van der Waals surface area contributed by atoms with Gasteiger partial charge in [0.15, 0.2) is 0 Å². The maximum atomic E-state index is 11.4. The second kappa shape index (κ2) is 18.7. The lowest BCUT2D eigenvalue weighted by Gasteiger charge is -2.32. The first-order chi connectivity index (χ1) is 27.6. The standard InChI is InChI=1S/C49H55O6P3/c1-36-40(28-14-11-23-35-49(36,8)9)53-58(54-42-30-18-16-27-39(42)48(5,6)7)55-44-32-20-22-34-46(44)56(37-24-12-10-13-25-37)45-33-21-19-31-43(45)52-57(50)51-41-29-17-15-26-38(41)47(2,3)4/h10-36,50H,1-9H3/b14-11-,35-23+,40-28+. The Bertz CT molecular complexity index is 2240. The SMILES string of the molecule is CC1\C(OP(Oc2ccccc2P(c2ccccc2)c2ccccc2OP(O)Oc2ccccc2C(C)(C)C)Oc2ccccc2C(C)(C)C)=C/C=C\C=C\C1(C)C. The molecule has 0 bridgehead atoms. The highest BCUT2D eigenvalue weighted by atomic mass is 31.2. The molecule has 0 amide bonds. The van der Waals surface area contributed by atoms with Crippen molar-refractivity contribution >= 4 is 41.0 Å². The van der Waals surface area contributed by atoms with Crippen LogP contribution in [-0.4, -0.2) is 4.89 Å². The molecule has 1 N–H and O–H groups in total. The van der Waals surface area contributed by atoms with Crippen LogP contribution in [0.4, 0.5) is 0 Å². The molecule has 0 saturated heterocycles. The summed E-state index contributed by atoms with van der Waals surface area (Å²) in [5, 5.41) is 2.91. The van der Waals surface area contributed by atoms with Gasteiger partial charge in [-0.05, 0) is 59.8 Å². The molecule has 6 rings (SSSR count). The van der Waals surface area contributed by atoms with E-state index in [9.17, 15) is 4.89 Å². The van der Waals surface area contributed by atoms with Gasteiger partial charge in [0.05, 0.1) is 0 Å². The minimum absolute atomic E-state index is 0.0235. The summed E-state index contributed by atoms with van der Waals surface area (Å²) in [4.78, 5) is 11.4. The van der Waals surface area contributed by atoms with E-state index in [0.29, 0.717) is 23.0 Å². The molecular formula is C49H55O6P3. The average molecular weight is 833 g/mol. The third-order valence-electron chi connectivity index (χ3n) is 10.0. The molecular weight excluding hydrogens is 777 g/mol. The fraction of sp³-hybridized carbons (Fsp3) is 0.265. The van der Waals surface area contributed by atoms with Gasteiger partial charge in [0, 0.05) is 27.7 Å². The Kier molecular flexibility index (Phi) is 13.9. The van der Waals surface area contributed by atoms with Crippen LogP contribution in [0.25, 0.3) is 0 Å². The lowest BCUT2D eigenvalue weighted by Crippen LogP contribution is -2.24. The Labute approximate surface area is 349 Å². The van der Waals surface area contributed by atoms with Gasteiger partial charge in [-0.25, -0.2) is 0 Å². The van der Waals surface area contributed by atoms with Gasteiger partial charge in [0.1, 0.15) is 28.8 Å². The van der Waals surface area contributed by atoms with Gasteiger partial charge in [0.2, 0.25) is 0 Å². The molecule has 0 aromatic heterocycles. The summed E-state index contributed by atoms with van der Waals surface area (Å²) in [6.07, 6.45) is 10.3. The molecule has 1 aliphatic rings. The van der Waals surface area contributed by atoms with E-state index >= 15 is 0 Å². The number of benzene rings is 5. The zero-order chi connectivity index (χ0) is 41.5. The number of para-hydroxylation sites is 4. The fourth-order valence-corrected chi connectivity index (χ4v) is 10.9. The van der Waals surface area contributed by atoms with Crippen molar-refractivity contribution in [2.45, 2.75) is 73.1 Å². The summed E-state index contributed by atoms with van der Waals surface area (Å²) in [7, 11) is -5.68. The van der Waals surface area contributed by atoms with E-state index in [1.54, 1.807) is 0 Å². The minimum Gasteiger partial charge on any atom is -0.418 e. The van der Waals surface area contributed by atoms with Crippen molar-refractivity contribution in [2.75, 3.05) is 0 Å². The summed E-state index contributed by atoms with van der Waals surface area (Å²) in [5.41, 5.74) is 1.47. The third-order valence-corrected chi connectivity index (χ3v) is 14.3. The van der Waals surface area contributed by atoms with Crippen molar-refractivity contribution in [3.05, 3.63) is 175 Å². The van der Waals surface area contributed by atoms with E-state index in [-0.39, 0.29) is 22.2 Å². The van der Waals surface area contributed by atoms with Crippen LogP contribution >= 0.6 is 25.1 Å². The highest BCUT2D eigenvalue weighted by molar-refractivity contribution is 7.80.